The Kier molecular flexibility index (Phi) is 4.42. The first-order chi connectivity index (χ1) is 11.4. The maximum Gasteiger partial charge on any atom is 0.407 e. The van der Waals surface area contributed by atoms with Crippen molar-refractivity contribution < 1.29 is 13.9 Å². The van der Waals surface area contributed by atoms with Crippen LogP contribution >= 0.6 is 0 Å². The average Bonchev–Trinajstić information content (AvgIpc) is 3.16. The third kappa shape index (κ3) is 4.04. The molecule has 2 aromatic rings. The molecule has 3 rings (SSSR count). The van der Waals surface area contributed by atoms with E-state index in [2.05, 4.69) is 20.2 Å². The molecule has 3 heterocycles. The molecule has 1 N–H and O–H groups in total. The van der Waals surface area contributed by atoms with E-state index < -0.39 is 5.60 Å². The number of anilines is 1. The van der Waals surface area contributed by atoms with Gasteiger partial charge in [0.25, 0.3) is 0 Å². The number of rotatable bonds is 3. The first-order valence-corrected chi connectivity index (χ1v) is 8.00. The number of ether oxygens (including phenoxy) is 1. The number of alkyl carbamates (subject to hydrolysis) is 1. The molecule has 0 radical (unpaired) electrons. The van der Waals surface area contributed by atoms with Gasteiger partial charge in [-0.2, -0.15) is 0 Å². The Morgan fingerprint density at radius 1 is 1.42 bits per heavy atom. The Balaban J connectivity index is 1.62. The van der Waals surface area contributed by atoms with Gasteiger partial charge in [-0.25, -0.2) is 14.8 Å². The Morgan fingerprint density at radius 2 is 2.25 bits per heavy atom. The van der Waals surface area contributed by atoms with E-state index in [1.165, 1.54) is 0 Å². The Labute approximate surface area is 141 Å². The molecular formula is C17H22N4O3. The van der Waals surface area contributed by atoms with Crippen LogP contribution in [0.4, 0.5) is 10.6 Å². The zero-order valence-electron chi connectivity index (χ0n) is 14.2. The molecule has 0 spiro atoms. The molecule has 1 aliphatic rings. The van der Waals surface area contributed by atoms with Crippen LogP contribution in [0.5, 0.6) is 0 Å². The van der Waals surface area contributed by atoms with E-state index in [0.717, 1.165) is 30.0 Å². The monoisotopic (exact) mass is 330 g/mol. The number of aromatic nitrogens is 2. The number of hydrogen-bond acceptors (Lipinski definition) is 6. The molecule has 0 saturated carbocycles. The number of furan rings is 1. The standard InChI is InChI=1S/C17H22N4O3/c1-17(2,3)24-16(22)20-13-4-6-21(9-13)15-8-14(18-11-19-15)12-5-7-23-10-12/h5,7-8,10-11,13H,4,6,9H2,1-3H3,(H,20,22). The third-order valence-corrected chi connectivity index (χ3v) is 3.70. The molecule has 1 amide bonds. The second-order valence-corrected chi connectivity index (χ2v) is 6.85. The van der Waals surface area contributed by atoms with Crippen LogP contribution in [0.25, 0.3) is 11.3 Å². The number of hydrogen-bond donors (Lipinski definition) is 1. The van der Waals surface area contributed by atoms with E-state index >= 15 is 0 Å². The summed E-state index contributed by atoms with van der Waals surface area (Å²) in [6, 6.07) is 3.84. The van der Waals surface area contributed by atoms with Gasteiger partial charge in [-0.15, -0.1) is 0 Å². The van der Waals surface area contributed by atoms with Gasteiger partial charge in [-0.1, -0.05) is 0 Å². The number of carbonyl (C=O) groups is 1. The smallest absolute Gasteiger partial charge is 0.407 e. The molecule has 7 heteroatoms. The lowest BCUT2D eigenvalue weighted by atomic mass is 10.2. The number of amides is 1. The molecule has 128 valence electrons. The summed E-state index contributed by atoms with van der Waals surface area (Å²) >= 11 is 0. The molecule has 0 aromatic carbocycles. The summed E-state index contributed by atoms with van der Waals surface area (Å²) in [4.78, 5) is 22.6. The Hall–Kier alpha value is -2.57. The normalized spacial score (nSPS) is 17.8. The van der Waals surface area contributed by atoms with E-state index in [0.29, 0.717) is 6.54 Å². The minimum atomic E-state index is -0.492. The van der Waals surface area contributed by atoms with Crippen LogP contribution in [0.1, 0.15) is 27.2 Å². The summed E-state index contributed by atoms with van der Waals surface area (Å²) in [6.07, 6.45) is 5.30. The number of nitrogens with zero attached hydrogens (tertiary/aromatic N) is 3. The number of carbonyl (C=O) groups excluding carboxylic acids is 1. The molecule has 0 aliphatic carbocycles. The van der Waals surface area contributed by atoms with E-state index in [9.17, 15) is 4.79 Å². The van der Waals surface area contributed by atoms with Crippen LogP contribution in [0.15, 0.2) is 35.4 Å². The summed E-state index contributed by atoms with van der Waals surface area (Å²) in [5.41, 5.74) is 1.24. The Bertz CT molecular complexity index is 694. The van der Waals surface area contributed by atoms with Crippen molar-refractivity contribution in [3.05, 3.63) is 31.0 Å². The second kappa shape index (κ2) is 6.51. The van der Waals surface area contributed by atoms with E-state index in [1.54, 1.807) is 18.9 Å². The van der Waals surface area contributed by atoms with Crippen molar-refractivity contribution in [3.8, 4) is 11.3 Å². The molecular weight excluding hydrogens is 308 g/mol. The van der Waals surface area contributed by atoms with Crippen LogP contribution in [-0.2, 0) is 4.74 Å². The van der Waals surface area contributed by atoms with Gasteiger partial charge in [0.2, 0.25) is 0 Å². The fourth-order valence-electron chi connectivity index (χ4n) is 2.65. The molecule has 0 bridgehead atoms. The van der Waals surface area contributed by atoms with Gasteiger partial charge in [0.15, 0.2) is 0 Å². The molecule has 1 aliphatic heterocycles. The molecule has 7 nitrogen and oxygen atoms in total. The van der Waals surface area contributed by atoms with Gasteiger partial charge in [0, 0.05) is 24.7 Å². The quantitative estimate of drug-likeness (QED) is 0.932. The first kappa shape index (κ1) is 16.3. The summed E-state index contributed by atoms with van der Waals surface area (Å²) in [5.74, 6) is 0.842. The van der Waals surface area contributed by atoms with Crippen LogP contribution < -0.4 is 10.2 Å². The zero-order valence-corrected chi connectivity index (χ0v) is 14.2. The van der Waals surface area contributed by atoms with Gasteiger partial charge in [0.05, 0.1) is 24.3 Å². The summed E-state index contributed by atoms with van der Waals surface area (Å²) < 4.78 is 10.4. The zero-order chi connectivity index (χ0) is 17.2. The molecule has 1 saturated heterocycles. The highest BCUT2D eigenvalue weighted by atomic mass is 16.6. The predicted molar refractivity (Wildman–Crippen MR) is 89.7 cm³/mol. The lowest BCUT2D eigenvalue weighted by molar-refractivity contribution is 0.0509. The summed E-state index contributed by atoms with van der Waals surface area (Å²) in [7, 11) is 0. The predicted octanol–water partition coefficient (Wildman–Crippen LogP) is 2.84. The largest absolute Gasteiger partial charge is 0.472 e. The van der Waals surface area contributed by atoms with Crippen LogP contribution in [0.2, 0.25) is 0 Å². The maximum atomic E-state index is 11.9. The van der Waals surface area contributed by atoms with Gasteiger partial charge in [0.1, 0.15) is 17.7 Å². The highest BCUT2D eigenvalue weighted by Gasteiger charge is 2.27. The van der Waals surface area contributed by atoms with E-state index in [1.807, 2.05) is 32.9 Å². The van der Waals surface area contributed by atoms with Gasteiger partial charge in [-0.05, 0) is 33.3 Å². The van der Waals surface area contributed by atoms with Crippen molar-refractivity contribution in [1.82, 2.24) is 15.3 Å². The van der Waals surface area contributed by atoms with Crippen molar-refractivity contribution in [2.24, 2.45) is 0 Å². The second-order valence-electron chi connectivity index (χ2n) is 6.85. The van der Waals surface area contributed by atoms with E-state index in [4.69, 9.17) is 9.15 Å². The van der Waals surface area contributed by atoms with Crippen LogP contribution in [0, 0.1) is 0 Å². The minimum absolute atomic E-state index is 0.0483. The first-order valence-electron chi connectivity index (χ1n) is 8.00. The lowest BCUT2D eigenvalue weighted by Gasteiger charge is -2.22. The highest BCUT2D eigenvalue weighted by Crippen LogP contribution is 2.23. The average molecular weight is 330 g/mol. The van der Waals surface area contributed by atoms with Crippen molar-refractivity contribution >= 4 is 11.9 Å². The summed E-state index contributed by atoms with van der Waals surface area (Å²) in [6.45, 7) is 7.08. The van der Waals surface area contributed by atoms with E-state index in [-0.39, 0.29) is 12.1 Å². The molecule has 1 atom stereocenters. The SMILES string of the molecule is CC(C)(C)OC(=O)NC1CCN(c2cc(-c3ccoc3)ncn2)C1. The van der Waals surface area contributed by atoms with Crippen molar-refractivity contribution in [1.29, 1.82) is 0 Å². The van der Waals surface area contributed by atoms with Crippen molar-refractivity contribution in [2.75, 3.05) is 18.0 Å². The lowest BCUT2D eigenvalue weighted by Crippen LogP contribution is -2.40. The minimum Gasteiger partial charge on any atom is -0.472 e. The van der Waals surface area contributed by atoms with Crippen molar-refractivity contribution in [3.63, 3.8) is 0 Å². The Morgan fingerprint density at radius 3 is 2.96 bits per heavy atom. The fraction of sp³-hybridized carbons (Fsp3) is 0.471. The van der Waals surface area contributed by atoms with Gasteiger partial charge in [-0.3, -0.25) is 0 Å². The molecule has 1 unspecified atom stereocenters. The summed E-state index contributed by atoms with van der Waals surface area (Å²) in [5, 5.41) is 2.92. The van der Waals surface area contributed by atoms with Gasteiger partial charge >= 0.3 is 6.09 Å². The molecule has 24 heavy (non-hydrogen) atoms. The highest BCUT2D eigenvalue weighted by molar-refractivity contribution is 5.68. The third-order valence-electron chi connectivity index (χ3n) is 3.70. The van der Waals surface area contributed by atoms with Crippen LogP contribution in [0.3, 0.4) is 0 Å². The topological polar surface area (TPSA) is 80.5 Å². The maximum absolute atomic E-state index is 11.9. The van der Waals surface area contributed by atoms with Crippen molar-refractivity contribution in [2.45, 2.75) is 38.8 Å². The fourth-order valence-corrected chi connectivity index (χ4v) is 2.65. The molecule has 1 fully saturated rings. The molecule has 2 aromatic heterocycles. The van der Waals surface area contributed by atoms with Crippen LogP contribution in [-0.4, -0.2) is 40.8 Å². The van der Waals surface area contributed by atoms with Gasteiger partial charge < -0.3 is 19.4 Å². The number of nitrogens with one attached hydrogen (secondary N) is 1.